The van der Waals surface area contributed by atoms with E-state index in [1.54, 1.807) is 19.4 Å². The van der Waals surface area contributed by atoms with E-state index in [2.05, 4.69) is 15.2 Å². The zero-order valence-corrected chi connectivity index (χ0v) is 12.0. The summed E-state index contributed by atoms with van der Waals surface area (Å²) in [6, 6.07) is 5.48. The summed E-state index contributed by atoms with van der Waals surface area (Å²) in [4.78, 5) is 19.0. The van der Waals surface area contributed by atoms with E-state index in [1.165, 1.54) is 0 Å². The summed E-state index contributed by atoms with van der Waals surface area (Å²) in [5.74, 6) is 0.426. The van der Waals surface area contributed by atoms with E-state index in [4.69, 9.17) is 9.47 Å². The molecule has 1 amide bonds. The Labute approximate surface area is 123 Å². The average molecular weight is 289 g/mol. The lowest BCUT2D eigenvalue weighted by molar-refractivity contribution is -0.118. The molecule has 2 aliphatic heterocycles. The van der Waals surface area contributed by atoms with Crippen molar-refractivity contribution in [1.29, 1.82) is 0 Å². The molecule has 0 radical (unpaired) electrons. The zero-order chi connectivity index (χ0) is 14.7. The fourth-order valence-electron chi connectivity index (χ4n) is 2.51. The van der Waals surface area contributed by atoms with Crippen LogP contribution in [-0.4, -0.2) is 57.0 Å². The molecule has 1 unspecified atom stereocenters. The minimum atomic E-state index is -0.249. The summed E-state index contributed by atoms with van der Waals surface area (Å²) < 4.78 is 10.5. The van der Waals surface area contributed by atoms with Crippen LogP contribution in [-0.2, 0) is 9.53 Å². The number of rotatable bonds is 3. The third-order valence-corrected chi connectivity index (χ3v) is 3.75. The van der Waals surface area contributed by atoms with Crippen molar-refractivity contribution in [3.8, 4) is 5.75 Å². The van der Waals surface area contributed by atoms with Crippen LogP contribution in [0.4, 0.5) is 11.4 Å². The minimum absolute atomic E-state index is 0.0303. The first-order valence-corrected chi connectivity index (χ1v) is 7.09. The van der Waals surface area contributed by atoms with Gasteiger partial charge in [0.15, 0.2) is 0 Å². The molecule has 0 aliphatic carbocycles. The molecule has 3 rings (SSSR count). The van der Waals surface area contributed by atoms with Gasteiger partial charge in [0.1, 0.15) is 5.75 Å². The van der Waals surface area contributed by atoms with Crippen LogP contribution in [0.3, 0.4) is 0 Å². The lowest BCUT2D eigenvalue weighted by Crippen LogP contribution is -2.42. The molecule has 0 spiro atoms. The number of nitrogens with one attached hydrogen (secondary N) is 1. The Morgan fingerprint density at radius 3 is 3.00 bits per heavy atom. The van der Waals surface area contributed by atoms with Crippen molar-refractivity contribution >= 4 is 23.5 Å². The molecule has 1 atom stereocenters. The van der Waals surface area contributed by atoms with Crippen molar-refractivity contribution in [3.05, 3.63) is 18.2 Å². The SMILES string of the molecule is COc1ccc2c(c1)NC(=O)C(CN1CCOCC1)C=N2. The van der Waals surface area contributed by atoms with Crippen molar-refractivity contribution in [2.45, 2.75) is 0 Å². The monoisotopic (exact) mass is 289 g/mol. The first kappa shape index (κ1) is 14.0. The molecule has 6 nitrogen and oxygen atoms in total. The van der Waals surface area contributed by atoms with E-state index in [1.807, 2.05) is 12.1 Å². The topological polar surface area (TPSA) is 63.2 Å². The van der Waals surface area contributed by atoms with Crippen molar-refractivity contribution in [2.75, 3.05) is 45.3 Å². The Morgan fingerprint density at radius 1 is 1.43 bits per heavy atom. The third kappa shape index (κ3) is 3.22. The maximum atomic E-state index is 12.3. The Hall–Kier alpha value is -1.92. The number of hydrogen-bond acceptors (Lipinski definition) is 5. The highest BCUT2D eigenvalue weighted by Crippen LogP contribution is 2.31. The molecule has 1 N–H and O–H groups in total. The molecule has 0 saturated carbocycles. The summed E-state index contributed by atoms with van der Waals surface area (Å²) in [7, 11) is 1.60. The number of benzene rings is 1. The summed E-state index contributed by atoms with van der Waals surface area (Å²) >= 11 is 0. The molecule has 6 heteroatoms. The Morgan fingerprint density at radius 2 is 2.24 bits per heavy atom. The Kier molecular flexibility index (Phi) is 4.17. The van der Waals surface area contributed by atoms with Gasteiger partial charge in [0, 0.05) is 31.9 Å². The summed E-state index contributed by atoms with van der Waals surface area (Å²) in [6.07, 6.45) is 1.74. The number of amides is 1. The highest BCUT2D eigenvalue weighted by atomic mass is 16.5. The maximum Gasteiger partial charge on any atom is 0.234 e. The van der Waals surface area contributed by atoms with Crippen molar-refractivity contribution in [1.82, 2.24) is 4.90 Å². The Balaban J connectivity index is 1.74. The van der Waals surface area contributed by atoms with E-state index in [-0.39, 0.29) is 11.8 Å². The normalized spacial score (nSPS) is 22.3. The molecule has 1 fully saturated rings. The largest absolute Gasteiger partial charge is 0.497 e. The van der Waals surface area contributed by atoms with Gasteiger partial charge in [-0.15, -0.1) is 0 Å². The van der Waals surface area contributed by atoms with Crippen LogP contribution in [0.1, 0.15) is 0 Å². The number of fused-ring (bicyclic) bond motifs is 1. The minimum Gasteiger partial charge on any atom is -0.497 e. The first-order chi connectivity index (χ1) is 10.3. The molecular formula is C15H19N3O3. The van der Waals surface area contributed by atoms with E-state index in [0.29, 0.717) is 18.0 Å². The first-order valence-electron chi connectivity index (χ1n) is 7.09. The second kappa shape index (κ2) is 6.24. The van der Waals surface area contributed by atoms with Gasteiger partial charge < -0.3 is 14.8 Å². The van der Waals surface area contributed by atoms with Crippen LogP contribution in [0.15, 0.2) is 23.2 Å². The molecule has 112 valence electrons. The second-order valence-corrected chi connectivity index (χ2v) is 5.17. The zero-order valence-electron chi connectivity index (χ0n) is 12.0. The molecule has 21 heavy (non-hydrogen) atoms. The smallest absolute Gasteiger partial charge is 0.234 e. The van der Waals surface area contributed by atoms with Gasteiger partial charge >= 0.3 is 0 Å². The molecule has 2 heterocycles. The van der Waals surface area contributed by atoms with Crippen LogP contribution >= 0.6 is 0 Å². The highest BCUT2D eigenvalue weighted by molar-refractivity contribution is 6.06. The van der Waals surface area contributed by atoms with Gasteiger partial charge in [-0.05, 0) is 12.1 Å². The van der Waals surface area contributed by atoms with E-state index < -0.39 is 0 Å². The van der Waals surface area contributed by atoms with Crippen LogP contribution in [0, 0.1) is 5.92 Å². The lowest BCUT2D eigenvalue weighted by atomic mass is 10.1. The number of morpholine rings is 1. The number of nitrogens with zero attached hydrogens (tertiary/aromatic N) is 2. The van der Waals surface area contributed by atoms with Gasteiger partial charge in [0.2, 0.25) is 5.91 Å². The molecule has 1 saturated heterocycles. The van der Waals surface area contributed by atoms with E-state index in [9.17, 15) is 4.79 Å². The molecular weight excluding hydrogens is 270 g/mol. The van der Waals surface area contributed by atoms with Crippen molar-refractivity contribution in [3.63, 3.8) is 0 Å². The average Bonchev–Trinajstić information content (AvgIpc) is 2.67. The third-order valence-electron chi connectivity index (χ3n) is 3.75. The number of carbonyl (C=O) groups excluding carboxylic acids is 1. The second-order valence-electron chi connectivity index (χ2n) is 5.17. The van der Waals surface area contributed by atoms with Crippen molar-refractivity contribution in [2.24, 2.45) is 10.9 Å². The molecule has 0 aromatic heterocycles. The number of anilines is 1. The van der Waals surface area contributed by atoms with Gasteiger partial charge in [0.05, 0.1) is 37.6 Å². The van der Waals surface area contributed by atoms with Crippen LogP contribution in [0.5, 0.6) is 5.75 Å². The fourth-order valence-corrected chi connectivity index (χ4v) is 2.51. The molecule has 2 aliphatic rings. The quantitative estimate of drug-likeness (QED) is 0.911. The molecule has 0 bridgehead atoms. The summed E-state index contributed by atoms with van der Waals surface area (Å²) in [5, 5.41) is 2.93. The molecule has 1 aromatic carbocycles. The lowest BCUT2D eigenvalue weighted by Gasteiger charge is -2.28. The maximum absolute atomic E-state index is 12.3. The number of carbonyl (C=O) groups is 1. The summed E-state index contributed by atoms with van der Waals surface area (Å²) in [6.45, 7) is 3.84. The number of hydrogen-bond donors (Lipinski definition) is 1. The van der Waals surface area contributed by atoms with Gasteiger partial charge in [-0.1, -0.05) is 0 Å². The summed E-state index contributed by atoms with van der Waals surface area (Å²) in [5.41, 5.74) is 1.45. The predicted octanol–water partition coefficient (Wildman–Crippen LogP) is 1.30. The van der Waals surface area contributed by atoms with E-state index >= 15 is 0 Å². The van der Waals surface area contributed by atoms with Gasteiger partial charge in [0.25, 0.3) is 0 Å². The van der Waals surface area contributed by atoms with Crippen LogP contribution in [0.2, 0.25) is 0 Å². The van der Waals surface area contributed by atoms with E-state index in [0.717, 1.165) is 32.0 Å². The number of ether oxygens (including phenoxy) is 2. The van der Waals surface area contributed by atoms with Crippen molar-refractivity contribution < 1.29 is 14.3 Å². The highest BCUT2D eigenvalue weighted by Gasteiger charge is 2.24. The molecule has 1 aromatic rings. The van der Waals surface area contributed by atoms with Crippen LogP contribution < -0.4 is 10.1 Å². The van der Waals surface area contributed by atoms with Gasteiger partial charge in [-0.25, -0.2) is 0 Å². The fraction of sp³-hybridized carbons (Fsp3) is 0.467. The van der Waals surface area contributed by atoms with Gasteiger partial charge in [-0.2, -0.15) is 0 Å². The number of aliphatic imine (C=N–C) groups is 1. The Bertz CT molecular complexity index is 553. The standard InChI is InChI=1S/C15H19N3O3/c1-20-12-2-3-13-14(8-12)17-15(19)11(9-16-13)10-18-4-6-21-7-5-18/h2-3,8-9,11H,4-7,10H2,1H3,(H,17,19). The van der Waals surface area contributed by atoms with Gasteiger partial charge in [-0.3, -0.25) is 14.7 Å². The number of methoxy groups -OCH3 is 1. The van der Waals surface area contributed by atoms with Crippen LogP contribution in [0.25, 0.3) is 0 Å². The predicted molar refractivity (Wildman–Crippen MR) is 80.5 cm³/mol.